The maximum Gasteiger partial charge on any atom is 0.372 e. The number of halogens is 1. The first-order chi connectivity index (χ1) is 7.58. The van der Waals surface area contributed by atoms with Gasteiger partial charge in [0.15, 0.2) is 6.61 Å². The molecule has 1 aromatic rings. The molecule has 0 unspecified atom stereocenters. The molecule has 0 aliphatic carbocycles. The maximum atomic E-state index is 11.1. The van der Waals surface area contributed by atoms with Gasteiger partial charge in [-0.25, -0.2) is 4.79 Å². The third kappa shape index (κ3) is 4.79. The van der Waals surface area contributed by atoms with E-state index >= 15 is 0 Å². The lowest BCUT2D eigenvalue weighted by Crippen LogP contribution is -2.12. The van der Waals surface area contributed by atoms with Crippen LogP contribution in [0, 0.1) is 0 Å². The first-order valence-corrected chi connectivity index (χ1v) is 5.05. The van der Waals surface area contributed by atoms with Crippen LogP contribution in [0.4, 0.5) is 0 Å². The molecule has 0 aliphatic heterocycles. The fourth-order valence-electron chi connectivity index (χ4n) is 0.842. The van der Waals surface area contributed by atoms with Gasteiger partial charge in [0.05, 0.1) is 5.71 Å². The second-order valence-electron chi connectivity index (χ2n) is 3.24. The van der Waals surface area contributed by atoms with E-state index in [9.17, 15) is 4.79 Å². The minimum absolute atomic E-state index is 0.182. The lowest BCUT2D eigenvalue weighted by atomic mass is 10.3. The molecular weight excluding hydrogens is 230 g/mol. The molecule has 0 atom stereocenters. The molecule has 0 fully saturated rings. The van der Waals surface area contributed by atoms with Gasteiger partial charge in [0.25, 0.3) is 0 Å². The third-order valence-corrected chi connectivity index (χ3v) is 1.75. The van der Waals surface area contributed by atoms with Crippen molar-refractivity contribution in [1.29, 1.82) is 0 Å². The number of benzene rings is 1. The molecule has 86 valence electrons. The van der Waals surface area contributed by atoms with Crippen molar-refractivity contribution in [2.75, 3.05) is 6.61 Å². The quantitative estimate of drug-likeness (QED) is 0.463. The molecule has 0 aliphatic rings. The summed E-state index contributed by atoms with van der Waals surface area (Å²) in [5.74, 6) is 0.00898. The van der Waals surface area contributed by atoms with Crippen LogP contribution in [-0.4, -0.2) is 18.3 Å². The Labute approximate surface area is 98.8 Å². The Kier molecular flexibility index (Phi) is 4.79. The lowest BCUT2D eigenvalue weighted by molar-refractivity contribution is -0.146. The molecule has 0 saturated carbocycles. The van der Waals surface area contributed by atoms with Crippen molar-refractivity contribution in [3.8, 4) is 5.75 Å². The molecule has 1 aromatic carbocycles. The fraction of sp³-hybridized carbons (Fsp3) is 0.273. The monoisotopic (exact) mass is 241 g/mol. The molecule has 0 saturated heterocycles. The number of hydrogen-bond donors (Lipinski definition) is 0. The van der Waals surface area contributed by atoms with Crippen molar-refractivity contribution in [3.05, 3.63) is 29.3 Å². The van der Waals surface area contributed by atoms with Crippen molar-refractivity contribution in [3.63, 3.8) is 0 Å². The van der Waals surface area contributed by atoms with Crippen LogP contribution in [-0.2, 0) is 9.63 Å². The lowest BCUT2D eigenvalue weighted by Gasteiger charge is -2.03. The van der Waals surface area contributed by atoms with Crippen LogP contribution >= 0.6 is 11.6 Å². The normalized spacial score (nSPS) is 9.44. The number of carbonyl (C=O) groups excluding carboxylic acids is 1. The number of rotatable bonds is 4. The fourth-order valence-corrected chi connectivity index (χ4v) is 0.968. The summed E-state index contributed by atoms with van der Waals surface area (Å²) in [4.78, 5) is 15.7. The number of ether oxygens (including phenoxy) is 1. The molecule has 0 aromatic heterocycles. The Bertz CT molecular complexity index is 383. The highest BCUT2D eigenvalue weighted by molar-refractivity contribution is 6.30. The minimum atomic E-state index is -0.545. The summed E-state index contributed by atoms with van der Waals surface area (Å²) in [6.45, 7) is 3.28. The predicted octanol–water partition coefficient (Wildman–Crippen LogP) is 2.66. The van der Waals surface area contributed by atoms with Gasteiger partial charge in [-0.05, 0) is 38.1 Å². The highest BCUT2D eigenvalue weighted by atomic mass is 35.5. The Morgan fingerprint density at radius 2 is 1.94 bits per heavy atom. The third-order valence-electron chi connectivity index (χ3n) is 1.50. The van der Waals surface area contributed by atoms with Crippen LogP contribution in [0.25, 0.3) is 0 Å². The van der Waals surface area contributed by atoms with Gasteiger partial charge in [0.2, 0.25) is 0 Å². The van der Waals surface area contributed by atoms with Crippen molar-refractivity contribution < 1.29 is 14.4 Å². The van der Waals surface area contributed by atoms with Crippen LogP contribution in [0.2, 0.25) is 5.02 Å². The predicted molar refractivity (Wildman–Crippen MR) is 61.8 cm³/mol. The second-order valence-corrected chi connectivity index (χ2v) is 3.68. The average Bonchev–Trinajstić information content (AvgIpc) is 2.25. The van der Waals surface area contributed by atoms with E-state index in [1.54, 1.807) is 38.1 Å². The minimum Gasteiger partial charge on any atom is -0.482 e. The molecule has 1 rings (SSSR count). The van der Waals surface area contributed by atoms with E-state index in [-0.39, 0.29) is 6.61 Å². The Balaban J connectivity index is 2.37. The molecule has 0 radical (unpaired) electrons. The van der Waals surface area contributed by atoms with E-state index in [0.29, 0.717) is 16.5 Å². The molecule has 4 nitrogen and oxygen atoms in total. The standard InChI is InChI=1S/C11H12ClNO3/c1-8(2)13-16-11(14)7-15-10-5-3-9(12)4-6-10/h3-6H,7H2,1-2H3. The molecule has 0 N–H and O–H groups in total. The Morgan fingerprint density at radius 1 is 1.31 bits per heavy atom. The SMILES string of the molecule is CC(C)=NOC(=O)COc1ccc(Cl)cc1. The molecule has 0 spiro atoms. The van der Waals surface area contributed by atoms with Gasteiger partial charge in [-0.1, -0.05) is 16.8 Å². The maximum absolute atomic E-state index is 11.1. The van der Waals surface area contributed by atoms with Gasteiger partial charge in [-0.2, -0.15) is 0 Å². The number of nitrogens with zero attached hydrogens (tertiary/aromatic N) is 1. The molecule has 0 amide bonds. The van der Waals surface area contributed by atoms with Crippen molar-refractivity contribution in [1.82, 2.24) is 0 Å². The molecule has 16 heavy (non-hydrogen) atoms. The first kappa shape index (κ1) is 12.5. The smallest absolute Gasteiger partial charge is 0.372 e. The molecule has 5 heteroatoms. The Hall–Kier alpha value is -1.55. The van der Waals surface area contributed by atoms with E-state index < -0.39 is 5.97 Å². The Morgan fingerprint density at radius 3 is 2.50 bits per heavy atom. The zero-order chi connectivity index (χ0) is 12.0. The van der Waals surface area contributed by atoms with Gasteiger partial charge in [-0.15, -0.1) is 0 Å². The summed E-state index contributed by atoms with van der Waals surface area (Å²) in [6, 6.07) is 6.70. The van der Waals surface area contributed by atoms with Gasteiger partial charge in [0, 0.05) is 5.02 Å². The van der Waals surface area contributed by atoms with Crippen LogP contribution in [0.1, 0.15) is 13.8 Å². The average molecular weight is 242 g/mol. The van der Waals surface area contributed by atoms with Crippen LogP contribution in [0.5, 0.6) is 5.75 Å². The summed E-state index contributed by atoms with van der Waals surface area (Å²) in [5.41, 5.74) is 0.667. The summed E-state index contributed by atoms with van der Waals surface area (Å²) >= 11 is 5.69. The van der Waals surface area contributed by atoms with Gasteiger partial charge in [-0.3, -0.25) is 0 Å². The highest BCUT2D eigenvalue weighted by Crippen LogP contribution is 2.15. The number of hydrogen-bond acceptors (Lipinski definition) is 4. The second kappa shape index (κ2) is 6.12. The first-order valence-electron chi connectivity index (χ1n) is 4.67. The van der Waals surface area contributed by atoms with E-state index in [1.807, 2.05) is 0 Å². The highest BCUT2D eigenvalue weighted by Gasteiger charge is 2.03. The summed E-state index contributed by atoms with van der Waals surface area (Å²) in [5, 5.41) is 4.13. The zero-order valence-corrected chi connectivity index (χ0v) is 9.82. The van der Waals surface area contributed by atoms with Gasteiger partial charge >= 0.3 is 5.97 Å². The van der Waals surface area contributed by atoms with Crippen LogP contribution in [0.3, 0.4) is 0 Å². The molecule has 0 bridgehead atoms. The number of carbonyl (C=O) groups is 1. The van der Waals surface area contributed by atoms with Crippen LogP contribution < -0.4 is 4.74 Å². The number of oxime groups is 1. The topological polar surface area (TPSA) is 47.9 Å². The van der Waals surface area contributed by atoms with Gasteiger partial charge in [0.1, 0.15) is 5.75 Å². The van der Waals surface area contributed by atoms with E-state index in [4.69, 9.17) is 16.3 Å². The summed E-state index contributed by atoms with van der Waals surface area (Å²) < 4.78 is 5.15. The van der Waals surface area contributed by atoms with Crippen molar-refractivity contribution in [2.24, 2.45) is 5.16 Å². The molecular formula is C11H12ClNO3. The van der Waals surface area contributed by atoms with Gasteiger partial charge < -0.3 is 9.57 Å². The molecule has 0 heterocycles. The summed E-state index contributed by atoms with van der Waals surface area (Å²) in [6.07, 6.45) is 0. The van der Waals surface area contributed by atoms with E-state index in [2.05, 4.69) is 9.99 Å². The zero-order valence-electron chi connectivity index (χ0n) is 9.07. The van der Waals surface area contributed by atoms with E-state index in [0.717, 1.165) is 0 Å². The van der Waals surface area contributed by atoms with Crippen molar-refractivity contribution >= 4 is 23.3 Å². The largest absolute Gasteiger partial charge is 0.482 e. The van der Waals surface area contributed by atoms with Crippen molar-refractivity contribution in [2.45, 2.75) is 13.8 Å². The van der Waals surface area contributed by atoms with Crippen LogP contribution in [0.15, 0.2) is 29.4 Å². The van der Waals surface area contributed by atoms with E-state index in [1.165, 1.54) is 0 Å². The summed E-state index contributed by atoms with van der Waals surface area (Å²) in [7, 11) is 0.